The molecule has 2 aromatic carbocycles. The maximum Gasteiger partial charge on any atom is 0.390 e. The average Bonchev–Trinajstić information content (AvgIpc) is 2.35. The normalized spacial score (nSPS) is 12.8. The molecule has 0 saturated carbocycles. The van der Waals surface area contributed by atoms with Gasteiger partial charge in [0.25, 0.3) is 0 Å². The van der Waals surface area contributed by atoms with Crippen molar-refractivity contribution < 1.29 is 17.9 Å². The van der Waals surface area contributed by atoms with Crippen molar-refractivity contribution in [2.24, 2.45) is 5.73 Å². The highest BCUT2D eigenvalue weighted by Crippen LogP contribution is 2.37. The summed E-state index contributed by atoms with van der Waals surface area (Å²) >= 11 is 0. The van der Waals surface area contributed by atoms with Gasteiger partial charge in [0, 0.05) is 11.6 Å². The number of rotatable bonds is 3. The molecule has 0 aliphatic rings. The van der Waals surface area contributed by atoms with Crippen LogP contribution in [0.25, 0.3) is 10.8 Å². The second kappa shape index (κ2) is 6.33. The standard InChI is InChI=1S/C14H14F3NO.ClH/c1-19-12-7-6-9-4-2-3-5-10(9)13(12)11(18)8-14(15,16)17;/h2-7,11H,8,18H2,1H3;1H/t11-;/m1./s1. The van der Waals surface area contributed by atoms with Crippen LogP contribution in [0.5, 0.6) is 5.75 Å². The summed E-state index contributed by atoms with van der Waals surface area (Å²) in [7, 11) is 1.42. The van der Waals surface area contributed by atoms with Crippen LogP contribution in [-0.2, 0) is 0 Å². The van der Waals surface area contributed by atoms with Gasteiger partial charge in [-0.3, -0.25) is 0 Å². The molecule has 0 unspecified atom stereocenters. The van der Waals surface area contributed by atoms with E-state index in [1.54, 1.807) is 24.3 Å². The van der Waals surface area contributed by atoms with Gasteiger partial charge in [0.2, 0.25) is 0 Å². The van der Waals surface area contributed by atoms with E-state index in [4.69, 9.17) is 10.5 Å². The molecule has 1 atom stereocenters. The van der Waals surface area contributed by atoms with E-state index in [2.05, 4.69) is 0 Å². The van der Waals surface area contributed by atoms with Crippen molar-refractivity contribution in [1.82, 2.24) is 0 Å². The Kier molecular flexibility index (Phi) is 5.25. The monoisotopic (exact) mass is 305 g/mol. The molecule has 0 aliphatic carbocycles. The van der Waals surface area contributed by atoms with Gasteiger partial charge in [-0.1, -0.05) is 30.3 Å². The molecular weight excluding hydrogens is 291 g/mol. The third-order valence-electron chi connectivity index (χ3n) is 2.97. The molecule has 0 amide bonds. The molecule has 0 heterocycles. The lowest BCUT2D eigenvalue weighted by Crippen LogP contribution is -2.21. The molecule has 110 valence electrons. The smallest absolute Gasteiger partial charge is 0.390 e. The topological polar surface area (TPSA) is 35.2 Å². The third kappa shape index (κ3) is 3.55. The zero-order chi connectivity index (χ0) is 14.0. The molecule has 0 bridgehead atoms. The summed E-state index contributed by atoms with van der Waals surface area (Å²) in [6.45, 7) is 0. The maximum atomic E-state index is 12.5. The number of nitrogens with two attached hydrogens (primary N) is 1. The molecule has 0 fully saturated rings. The summed E-state index contributed by atoms with van der Waals surface area (Å²) in [6.07, 6.45) is -5.38. The van der Waals surface area contributed by atoms with Crippen molar-refractivity contribution in [2.75, 3.05) is 7.11 Å². The number of fused-ring (bicyclic) bond motifs is 1. The zero-order valence-corrected chi connectivity index (χ0v) is 11.6. The minimum Gasteiger partial charge on any atom is -0.496 e. The summed E-state index contributed by atoms with van der Waals surface area (Å²) < 4.78 is 42.7. The van der Waals surface area contributed by atoms with Gasteiger partial charge in [0.05, 0.1) is 13.5 Å². The van der Waals surface area contributed by atoms with Gasteiger partial charge >= 0.3 is 6.18 Å². The molecule has 0 spiro atoms. The first-order valence-electron chi connectivity index (χ1n) is 5.80. The van der Waals surface area contributed by atoms with E-state index >= 15 is 0 Å². The van der Waals surface area contributed by atoms with Crippen LogP contribution in [0.3, 0.4) is 0 Å². The third-order valence-corrected chi connectivity index (χ3v) is 2.97. The lowest BCUT2D eigenvalue weighted by Gasteiger charge is -2.19. The van der Waals surface area contributed by atoms with Crippen LogP contribution in [0, 0.1) is 0 Å². The van der Waals surface area contributed by atoms with Crippen molar-refractivity contribution in [3.63, 3.8) is 0 Å². The number of methoxy groups -OCH3 is 1. The van der Waals surface area contributed by atoms with Crippen molar-refractivity contribution in [2.45, 2.75) is 18.6 Å². The Labute approximate surface area is 121 Å². The predicted molar refractivity (Wildman–Crippen MR) is 75.3 cm³/mol. The first-order valence-corrected chi connectivity index (χ1v) is 5.80. The first kappa shape index (κ1) is 16.6. The number of alkyl halides is 3. The fourth-order valence-electron chi connectivity index (χ4n) is 2.19. The number of halogens is 4. The van der Waals surface area contributed by atoms with E-state index in [0.29, 0.717) is 16.7 Å². The van der Waals surface area contributed by atoms with Gasteiger partial charge in [-0.25, -0.2) is 0 Å². The maximum absolute atomic E-state index is 12.5. The highest BCUT2D eigenvalue weighted by Gasteiger charge is 2.32. The van der Waals surface area contributed by atoms with Gasteiger partial charge in [-0.15, -0.1) is 12.4 Å². The zero-order valence-electron chi connectivity index (χ0n) is 10.8. The van der Waals surface area contributed by atoms with E-state index in [1.807, 2.05) is 12.1 Å². The number of hydrogen-bond acceptors (Lipinski definition) is 2. The Balaban J connectivity index is 0.00000200. The van der Waals surface area contributed by atoms with Crippen LogP contribution >= 0.6 is 12.4 Å². The Morgan fingerprint density at radius 1 is 1.15 bits per heavy atom. The molecule has 6 heteroatoms. The van der Waals surface area contributed by atoms with Gasteiger partial charge in [0.1, 0.15) is 5.75 Å². The average molecular weight is 306 g/mol. The van der Waals surface area contributed by atoms with Gasteiger partial charge in [0.15, 0.2) is 0 Å². The molecule has 20 heavy (non-hydrogen) atoms. The van der Waals surface area contributed by atoms with E-state index in [-0.39, 0.29) is 12.4 Å². The van der Waals surface area contributed by atoms with Crippen molar-refractivity contribution in [3.05, 3.63) is 42.0 Å². The lowest BCUT2D eigenvalue weighted by molar-refractivity contribution is -0.138. The van der Waals surface area contributed by atoms with E-state index in [0.717, 1.165) is 5.39 Å². The number of ether oxygens (including phenoxy) is 1. The Morgan fingerprint density at radius 2 is 1.80 bits per heavy atom. The van der Waals surface area contributed by atoms with Crippen LogP contribution in [0.1, 0.15) is 18.0 Å². The summed E-state index contributed by atoms with van der Waals surface area (Å²) in [4.78, 5) is 0. The van der Waals surface area contributed by atoms with Crippen LogP contribution in [0.4, 0.5) is 13.2 Å². The number of hydrogen-bond donors (Lipinski definition) is 1. The van der Waals surface area contributed by atoms with Gasteiger partial charge in [-0.05, 0) is 16.8 Å². The van der Waals surface area contributed by atoms with Crippen molar-refractivity contribution in [1.29, 1.82) is 0 Å². The lowest BCUT2D eigenvalue weighted by atomic mass is 9.96. The molecule has 2 rings (SSSR count). The molecule has 2 nitrogen and oxygen atoms in total. The fraction of sp³-hybridized carbons (Fsp3) is 0.286. The highest BCUT2D eigenvalue weighted by atomic mass is 35.5. The largest absolute Gasteiger partial charge is 0.496 e. The summed E-state index contributed by atoms with van der Waals surface area (Å²) in [6, 6.07) is 9.49. The highest BCUT2D eigenvalue weighted by molar-refractivity contribution is 5.88. The summed E-state index contributed by atoms with van der Waals surface area (Å²) in [5.41, 5.74) is 6.12. The van der Waals surface area contributed by atoms with Crippen LogP contribution < -0.4 is 10.5 Å². The van der Waals surface area contributed by atoms with Crippen molar-refractivity contribution >= 4 is 23.2 Å². The minimum absolute atomic E-state index is 0. The molecule has 0 aliphatic heterocycles. The van der Waals surface area contributed by atoms with Gasteiger partial charge < -0.3 is 10.5 Å². The molecular formula is C14H15ClF3NO. The van der Waals surface area contributed by atoms with E-state index < -0.39 is 18.6 Å². The molecule has 2 N–H and O–H groups in total. The quantitative estimate of drug-likeness (QED) is 0.921. The summed E-state index contributed by atoms with van der Waals surface area (Å²) in [5.74, 6) is 0.385. The fourth-order valence-corrected chi connectivity index (χ4v) is 2.19. The molecule has 0 radical (unpaired) electrons. The predicted octanol–water partition coefficient (Wildman–Crippen LogP) is 4.22. The van der Waals surface area contributed by atoms with E-state index in [9.17, 15) is 13.2 Å². The molecule has 0 saturated heterocycles. The van der Waals surface area contributed by atoms with Crippen LogP contribution in [0.2, 0.25) is 0 Å². The van der Waals surface area contributed by atoms with Crippen molar-refractivity contribution in [3.8, 4) is 5.75 Å². The molecule has 0 aromatic heterocycles. The Morgan fingerprint density at radius 3 is 2.40 bits per heavy atom. The van der Waals surface area contributed by atoms with E-state index in [1.165, 1.54) is 7.11 Å². The Bertz CT molecular complexity index is 586. The SMILES string of the molecule is COc1ccc2ccccc2c1[C@H](N)CC(F)(F)F.Cl. The first-order chi connectivity index (χ1) is 8.92. The minimum atomic E-state index is -4.30. The second-order valence-corrected chi connectivity index (χ2v) is 4.33. The number of benzene rings is 2. The van der Waals surface area contributed by atoms with Gasteiger partial charge in [-0.2, -0.15) is 13.2 Å². The Hall–Kier alpha value is -1.46. The molecule has 2 aromatic rings. The van der Waals surface area contributed by atoms with Crippen LogP contribution in [-0.4, -0.2) is 13.3 Å². The second-order valence-electron chi connectivity index (χ2n) is 4.33. The van der Waals surface area contributed by atoms with Crippen LogP contribution in [0.15, 0.2) is 36.4 Å². The summed E-state index contributed by atoms with van der Waals surface area (Å²) in [5, 5.41) is 1.54.